The topological polar surface area (TPSA) is 29.1 Å². The van der Waals surface area contributed by atoms with E-state index in [4.69, 9.17) is 0 Å². The van der Waals surface area contributed by atoms with Gasteiger partial charge in [0.2, 0.25) is 5.91 Å². The van der Waals surface area contributed by atoms with E-state index < -0.39 is 0 Å². The van der Waals surface area contributed by atoms with E-state index in [1.807, 2.05) is 0 Å². The highest BCUT2D eigenvalue weighted by atomic mass is 79.9. The summed E-state index contributed by atoms with van der Waals surface area (Å²) in [4.78, 5) is 12.2. The van der Waals surface area contributed by atoms with Crippen molar-refractivity contribution >= 4 is 21.8 Å². The van der Waals surface area contributed by atoms with E-state index >= 15 is 0 Å². The van der Waals surface area contributed by atoms with Crippen molar-refractivity contribution in [2.75, 3.05) is 6.54 Å². The first-order chi connectivity index (χ1) is 8.24. The van der Waals surface area contributed by atoms with Gasteiger partial charge in [-0.3, -0.25) is 4.79 Å². The summed E-state index contributed by atoms with van der Waals surface area (Å²) in [7, 11) is 0. The van der Waals surface area contributed by atoms with Crippen molar-refractivity contribution in [1.82, 2.24) is 5.32 Å². The largest absolute Gasteiger partial charge is 0.356 e. The molecule has 1 fully saturated rings. The molecule has 2 atom stereocenters. The van der Waals surface area contributed by atoms with Gasteiger partial charge in [-0.25, -0.2) is 0 Å². The molecule has 0 aliphatic heterocycles. The number of carbonyl (C=O) groups is 1. The van der Waals surface area contributed by atoms with Crippen molar-refractivity contribution in [3.05, 3.63) is 0 Å². The van der Waals surface area contributed by atoms with Gasteiger partial charge < -0.3 is 5.32 Å². The van der Waals surface area contributed by atoms with E-state index in [0.717, 1.165) is 13.0 Å². The molecule has 1 saturated carbocycles. The van der Waals surface area contributed by atoms with Crippen LogP contribution in [0.15, 0.2) is 0 Å². The van der Waals surface area contributed by atoms with Gasteiger partial charge in [-0.2, -0.15) is 0 Å². The number of hydrogen-bond acceptors (Lipinski definition) is 1. The van der Waals surface area contributed by atoms with Crippen LogP contribution in [0.3, 0.4) is 0 Å². The average molecular weight is 304 g/mol. The molecule has 0 radical (unpaired) electrons. The Kier molecular flexibility index (Phi) is 7.91. The fraction of sp³-hybridized carbons (Fsp3) is 0.929. The van der Waals surface area contributed by atoms with Crippen LogP contribution in [0.4, 0.5) is 0 Å². The molecule has 0 aromatic carbocycles. The molecule has 1 amide bonds. The lowest BCUT2D eigenvalue weighted by atomic mass is 9.89. The minimum absolute atomic E-state index is 0.242. The van der Waals surface area contributed by atoms with Crippen LogP contribution in [0.25, 0.3) is 0 Å². The second-order valence-electron chi connectivity index (χ2n) is 5.18. The van der Waals surface area contributed by atoms with Crippen LogP contribution in [0.5, 0.6) is 0 Å². The highest BCUT2D eigenvalue weighted by Crippen LogP contribution is 2.29. The van der Waals surface area contributed by atoms with Crippen molar-refractivity contribution in [3.63, 3.8) is 0 Å². The Labute approximate surface area is 114 Å². The molecule has 1 aliphatic rings. The molecule has 0 heterocycles. The molecule has 100 valence electrons. The maximum absolute atomic E-state index is 11.6. The Balaban J connectivity index is 2.06. The molecule has 1 rings (SSSR count). The lowest BCUT2D eigenvalue weighted by Crippen LogP contribution is -2.34. The number of alkyl halides is 1. The zero-order valence-electron chi connectivity index (χ0n) is 11.0. The van der Waals surface area contributed by atoms with E-state index in [0.29, 0.717) is 17.2 Å². The molecular weight excluding hydrogens is 278 g/mol. The van der Waals surface area contributed by atoms with Crippen LogP contribution in [0.2, 0.25) is 0 Å². The zero-order valence-corrected chi connectivity index (χ0v) is 12.6. The monoisotopic (exact) mass is 303 g/mol. The van der Waals surface area contributed by atoms with Gasteiger partial charge in [0.15, 0.2) is 0 Å². The summed E-state index contributed by atoms with van der Waals surface area (Å²) in [6.45, 7) is 3.06. The third kappa shape index (κ3) is 6.44. The first-order valence-corrected chi connectivity index (χ1v) is 8.06. The van der Waals surface area contributed by atoms with E-state index in [2.05, 4.69) is 28.2 Å². The first kappa shape index (κ1) is 15.0. The normalized spacial score (nSPS) is 24.6. The highest BCUT2D eigenvalue weighted by Gasteiger charge is 2.22. The smallest absolute Gasteiger partial charge is 0.220 e. The summed E-state index contributed by atoms with van der Waals surface area (Å²) in [6, 6.07) is 0. The molecule has 17 heavy (non-hydrogen) atoms. The molecule has 1 aliphatic carbocycles. The summed E-state index contributed by atoms with van der Waals surface area (Å²) < 4.78 is 0. The molecule has 0 saturated heterocycles. The van der Waals surface area contributed by atoms with E-state index in [9.17, 15) is 4.79 Å². The lowest BCUT2D eigenvalue weighted by Gasteiger charge is -2.27. The predicted molar refractivity (Wildman–Crippen MR) is 76.4 cm³/mol. The van der Waals surface area contributed by atoms with E-state index in [-0.39, 0.29) is 5.91 Å². The number of amides is 1. The zero-order chi connectivity index (χ0) is 12.5. The number of rotatable bonds is 7. The molecule has 3 heteroatoms. The van der Waals surface area contributed by atoms with E-state index in [1.165, 1.54) is 44.9 Å². The summed E-state index contributed by atoms with van der Waals surface area (Å²) in [6.07, 6.45) is 10.6. The summed E-state index contributed by atoms with van der Waals surface area (Å²) in [5.41, 5.74) is 0. The van der Waals surface area contributed by atoms with Gasteiger partial charge in [0.05, 0.1) is 0 Å². The number of hydrogen-bond donors (Lipinski definition) is 1. The van der Waals surface area contributed by atoms with E-state index in [1.54, 1.807) is 0 Å². The molecule has 0 spiro atoms. The van der Waals surface area contributed by atoms with Crippen LogP contribution >= 0.6 is 15.9 Å². The van der Waals surface area contributed by atoms with Gasteiger partial charge in [-0.1, -0.05) is 55.0 Å². The van der Waals surface area contributed by atoms with Gasteiger partial charge in [0.25, 0.3) is 0 Å². The summed E-state index contributed by atoms with van der Waals surface area (Å²) >= 11 is 3.73. The Hall–Kier alpha value is -0.0500. The van der Waals surface area contributed by atoms with Gasteiger partial charge >= 0.3 is 0 Å². The Morgan fingerprint density at radius 2 is 2.00 bits per heavy atom. The molecule has 2 nitrogen and oxygen atoms in total. The Morgan fingerprint density at radius 3 is 2.71 bits per heavy atom. The van der Waals surface area contributed by atoms with Crippen LogP contribution < -0.4 is 5.32 Å². The van der Waals surface area contributed by atoms with Crippen LogP contribution in [-0.4, -0.2) is 17.3 Å². The molecule has 0 aromatic heterocycles. The maximum atomic E-state index is 11.6. The first-order valence-electron chi connectivity index (χ1n) is 7.14. The second kappa shape index (κ2) is 8.96. The molecule has 2 unspecified atom stereocenters. The average Bonchev–Trinajstić information content (AvgIpc) is 2.34. The lowest BCUT2D eigenvalue weighted by molar-refractivity contribution is -0.121. The van der Waals surface area contributed by atoms with Crippen molar-refractivity contribution in [3.8, 4) is 0 Å². The predicted octanol–water partition coefficient (Wildman–Crippen LogP) is 4.03. The molecular formula is C14H26BrNO. The van der Waals surface area contributed by atoms with Crippen LogP contribution in [0.1, 0.15) is 64.7 Å². The number of nitrogens with one attached hydrogen (secondary N) is 1. The van der Waals surface area contributed by atoms with Crippen molar-refractivity contribution in [2.24, 2.45) is 5.92 Å². The van der Waals surface area contributed by atoms with Gasteiger partial charge in [-0.05, 0) is 25.2 Å². The number of halogens is 1. The molecule has 0 bridgehead atoms. The summed E-state index contributed by atoms with van der Waals surface area (Å²) in [5, 5.41) is 3.09. The van der Waals surface area contributed by atoms with Gasteiger partial charge in [0, 0.05) is 17.8 Å². The van der Waals surface area contributed by atoms with Gasteiger partial charge in [-0.15, -0.1) is 0 Å². The second-order valence-corrected chi connectivity index (χ2v) is 6.35. The van der Waals surface area contributed by atoms with Crippen molar-refractivity contribution in [2.45, 2.75) is 69.5 Å². The third-order valence-electron chi connectivity index (χ3n) is 3.64. The fourth-order valence-electron chi connectivity index (χ4n) is 2.44. The highest BCUT2D eigenvalue weighted by molar-refractivity contribution is 9.09. The fourth-order valence-corrected chi connectivity index (χ4v) is 3.21. The Bertz CT molecular complexity index is 220. The minimum atomic E-state index is 0.242. The minimum Gasteiger partial charge on any atom is -0.356 e. The third-order valence-corrected chi connectivity index (χ3v) is 4.84. The summed E-state index contributed by atoms with van der Waals surface area (Å²) in [5.74, 6) is 0.884. The molecule has 1 N–H and O–H groups in total. The Morgan fingerprint density at radius 1 is 1.24 bits per heavy atom. The van der Waals surface area contributed by atoms with Crippen molar-refractivity contribution < 1.29 is 4.79 Å². The maximum Gasteiger partial charge on any atom is 0.220 e. The number of carbonyl (C=O) groups excluding carboxylic acids is 1. The van der Waals surface area contributed by atoms with Gasteiger partial charge in [0.1, 0.15) is 0 Å². The number of unbranched alkanes of at least 4 members (excludes halogenated alkanes) is 3. The van der Waals surface area contributed by atoms with Crippen LogP contribution in [0, 0.1) is 5.92 Å². The molecule has 0 aromatic rings. The van der Waals surface area contributed by atoms with Crippen LogP contribution in [-0.2, 0) is 4.79 Å². The SMILES string of the molecule is CCCCCCC(=O)NCC1CCCCC1Br. The van der Waals surface area contributed by atoms with Crippen molar-refractivity contribution in [1.29, 1.82) is 0 Å². The quantitative estimate of drug-likeness (QED) is 0.558. The standard InChI is InChI=1S/C14H26BrNO/c1-2-3-4-5-10-14(17)16-11-12-8-6-7-9-13(12)15/h12-13H,2-11H2,1H3,(H,16,17).